The van der Waals surface area contributed by atoms with E-state index in [-0.39, 0.29) is 16.9 Å². The number of hydrogen-bond donors (Lipinski definition) is 1. The molecule has 9 heteroatoms. The lowest BCUT2D eigenvalue weighted by molar-refractivity contribution is 0.0785. The molecule has 1 N–H and O–H groups in total. The Hall–Kier alpha value is -4.37. The van der Waals surface area contributed by atoms with Crippen molar-refractivity contribution in [1.82, 2.24) is 14.7 Å². The van der Waals surface area contributed by atoms with Crippen LogP contribution in [0.25, 0.3) is 28.0 Å². The fraction of sp³-hybridized carbons (Fsp3) is 0.179. The smallest absolute Gasteiger partial charge is 0.223 e. The largest absolute Gasteiger partial charge is 0.452 e. The third-order valence-electron chi connectivity index (χ3n) is 6.01. The number of aromatic nitrogens is 3. The van der Waals surface area contributed by atoms with Gasteiger partial charge < -0.3 is 18.9 Å². The topological polar surface area (TPSA) is 90.4 Å². The lowest BCUT2D eigenvalue weighted by atomic mass is 9.97. The molecule has 188 valence electrons. The Bertz CT molecular complexity index is 1720. The van der Waals surface area contributed by atoms with E-state index < -0.39 is 17.2 Å². The summed E-state index contributed by atoms with van der Waals surface area (Å²) in [4.78, 5) is 17.4. The van der Waals surface area contributed by atoms with Crippen LogP contribution in [0.3, 0.4) is 0 Å². The number of benzene rings is 3. The van der Waals surface area contributed by atoms with E-state index in [1.54, 1.807) is 74.9 Å². The standard InChI is InChI=1S/C28H23F2N3O4/c1-15-14-33(22-8-5-17(11-20(22)26(15)34)27-31-16(2)37-32-27)23-12-18(28(3,4)35)6-9-25(23)36-24-10-7-19(29)13-21(24)30/h5-14,35H,1-4H3. The molecule has 0 aliphatic carbocycles. The summed E-state index contributed by atoms with van der Waals surface area (Å²) >= 11 is 0. The first kappa shape index (κ1) is 24.3. The molecule has 5 rings (SSSR count). The van der Waals surface area contributed by atoms with Crippen LogP contribution in [0.2, 0.25) is 0 Å². The summed E-state index contributed by atoms with van der Waals surface area (Å²) in [7, 11) is 0. The number of hydrogen-bond acceptors (Lipinski definition) is 6. The Morgan fingerprint density at radius 3 is 2.43 bits per heavy atom. The summed E-state index contributed by atoms with van der Waals surface area (Å²) in [5, 5.41) is 15.0. The van der Waals surface area contributed by atoms with E-state index in [0.29, 0.717) is 45.0 Å². The van der Waals surface area contributed by atoms with E-state index in [1.807, 2.05) is 0 Å². The maximum atomic E-state index is 14.4. The van der Waals surface area contributed by atoms with E-state index in [9.17, 15) is 18.7 Å². The number of rotatable bonds is 5. The first-order valence-electron chi connectivity index (χ1n) is 11.5. The van der Waals surface area contributed by atoms with Gasteiger partial charge in [-0.05, 0) is 68.8 Å². The minimum atomic E-state index is -1.19. The van der Waals surface area contributed by atoms with Crippen molar-refractivity contribution < 1.29 is 23.1 Å². The number of aryl methyl sites for hydroxylation is 2. The van der Waals surface area contributed by atoms with Gasteiger partial charge in [0.2, 0.25) is 11.7 Å². The second kappa shape index (κ2) is 8.94. The van der Waals surface area contributed by atoms with E-state index in [2.05, 4.69) is 10.1 Å². The molecule has 7 nitrogen and oxygen atoms in total. The summed E-state index contributed by atoms with van der Waals surface area (Å²) in [5.74, 6) is -0.770. The molecule has 37 heavy (non-hydrogen) atoms. The van der Waals surface area contributed by atoms with Crippen molar-refractivity contribution in [3.05, 3.63) is 99.7 Å². The van der Waals surface area contributed by atoms with Crippen LogP contribution in [0.5, 0.6) is 11.5 Å². The van der Waals surface area contributed by atoms with Gasteiger partial charge >= 0.3 is 0 Å². The highest BCUT2D eigenvalue weighted by Crippen LogP contribution is 2.35. The molecule has 0 bridgehead atoms. The van der Waals surface area contributed by atoms with Crippen LogP contribution in [-0.2, 0) is 5.60 Å². The van der Waals surface area contributed by atoms with E-state index in [0.717, 1.165) is 12.1 Å². The average Bonchev–Trinajstić information content (AvgIpc) is 3.29. The molecule has 0 radical (unpaired) electrons. The fourth-order valence-electron chi connectivity index (χ4n) is 4.07. The van der Waals surface area contributed by atoms with Gasteiger partial charge in [0.15, 0.2) is 22.7 Å². The van der Waals surface area contributed by atoms with Gasteiger partial charge in [-0.2, -0.15) is 4.98 Å². The first-order valence-corrected chi connectivity index (χ1v) is 11.5. The van der Waals surface area contributed by atoms with Crippen LogP contribution < -0.4 is 10.2 Å². The molecule has 0 aliphatic rings. The highest BCUT2D eigenvalue weighted by Gasteiger charge is 2.21. The minimum Gasteiger partial charge on any atom is -0.452 e. The lowest BCUT2D eigenvalue weighted by Crippen LogP contribution is -2.17. The summed E-state index contributed by atoms with van der Waals surface area (Å²) in [6, 6.07) is 13.2. The molecule has 0 amide bonds. The molecule has 0 aliphatic heterocycles. The Morgan fingerprint density at radius 1 is 1.00 bits per heavy atom. The molecule has 0 saturated heterocycles. The van der Waals surface area contributed by atoms with E-state index in [4.69, 9.17) is 9.26 Å². The number of ether oxygens (including phenoxy) is 1. The summed E-state index contributed by atoms with van der Waals surface area (Å²) in [6.45, 7) is 6.64. The Morgan fingerprint density at radius 2 is 1.76 bits per heavy atom. The predicted octanol–water partition coefficient (Wildman–Crippen LogP) is 5.96. The number of aliphatic hydroxyl groups is 1. The molecule has 0 unspecified atom stereocenters. The number of pyridine rings is 1. The summed E-state index contributed by atoms with van der Waals surface area (Å²) in [6.07, 6.45) is 1.65. The van der Waals surface area contributed by atoms with Gasteiger partial charge in [0, 0.05) is 35.7 Å². The zero-order valence-corrected chi connectivity index (χ0v) is 20.5. The molecule has 0 spiro atoms. The lowest BCUT2D eigenvalue weighted by Gasteiger charge is -2.22. The number of fused-ring (bicyclic) bond motifs is 1. The number of halogens is 2. The van der Waals surface area contributed by atoms with Crippen molar-refractivity contribution in [2.24, 2.45) is 0 Å². The second-order valence-corrected chi connectivity index (χ2v) is 9.30. The van der Waals surface area contributed by atoms with Crippen LogP contribution in [0.1, 0.15) is 30.9 Å². The Balaban J connectivity index is 1.75. The summed E-state index contributed by atoms with van der Waals surface area (Å²) in [5.41, 5.74) is 1.23. The van der Waals surface area contributed by atoms with E-state index in [1.165, 1.54) is 6.07 Å². The summed E-state index contributed by atoms with van der Waals surface area (Å²) < 4.78 is 40.6. The molecule has 0 fully saturated rings. The molecular formula is C28H23F2N3O4. The SMILES string of the molecule is Cc1nc(-c2ccc3c(c2)c(=O)c(C)cn3-c2cc(C(C)(C)O)ccc2Oc2ccc(F)cc2F)no1. The van der Waals surface area contributed by atoms with Gasteiger partial charge in [0.1, 0.15) is 5.82 Å². The van der Waals surface area contributed by atoms with Crippen LogP contribution >= 0.6 is 0 Å². The molecule has 3 aromatic carbocycles. The third-order valence-corrected chi connectivity index (χ3v) is 6.01. The van der Waals surface area contributed by atoms with Crippen LogP contribution in [-0.4, -0.2) is 19.8 Å². The van der Waals surface area contributed by atoms with Crippen molar-refractivity contribution in [2.75, 3.05) is 0 Å². The second-order valence-electron chi connectivity index (χ2n) is 9.30. The van der Waals surface area contributed by atoms with Crippen LogP contribution in [0, 0.1) is 25.5 Å². The quantitative estimate of drug-likeness (QED) is 0.319. The maximum absolute atomic E-state index is 14.4. The molecule has 5 aromatic rings. The van der Waals surface area contributed by atoms with Crippen LogP contribution in [0.15, 0.2) is 70.1 Å². The fourth-order valence-corrected chi connectivity index (χ4v) is 4.07. The highest BCUT2D eigenvalue weighted by molar-refractivity contribution is 5.86. The normalized spacial score (nSPS) is 11.8. The van der Waals surface area contributed by atoms with Crippen LogP contribution in [0.4, 0.5) is 8.78 Å². The Kier molecular flexibility index (Phi) is 5.88. The van der Waals surface area contributed by atoms with Gasteiger partial charge in [-0.15, -0.1) is 0 Å². The van der Waals surface area contributed by atoms with Gasteiger partial charge in [-0.3, -0.25) is 4.79 Å². The molecule has 0 atom stereocenters. The van der Waals surface area contributed by atoms with Crippen molar-refractivity contribution >= 4 is 10.9 Å². The zero-order chi connectivity index (χ0) is 26.5. The van der Waals surface area contributed by atoms with E-state index >= 15 is 0 Å². The van der Waals surface area contributed by atoms with Crippen molar-refractivity contribution in [2.45, 2.75) is 33.3 Å². The van der Waals surface area contributed by atoms with Crippen molar-refractivity contribution in [3.63, 3.8) is 0 Å². The molecule has 0 saturated carbocycles. The molecule has 2 aromatic heterocycles. The van der Waals surface area contributed by atoms with Gasteiger partial charge in [-0.25, -0.2) is 8.78 Å². The third kappa shape index (κ3) is 4.61. The van der Waals surface area contributed by atoms with Gasteiger partial charge in [0.25, 0.3) is 0 Å². The Labute approximate surface area is 210 Å². The van der Waals surface area contributed by atoms with Gasteiger partial charge in [-0.1, -0.05) is 11.2 Å². The monoisotopic (exact) mass is 503 g/mol. The molecular weight excluding hydrogens is 480 g/mol. The van der Waals surface area contributed by atoms with Gasteiger partial charge in [0.05, 0.1) is 16.8 Å². The van der Waals surface area contributed by atoms with Crippen molar-refractivity contribution in [1.29, 1.82) is 0 Å². The first-order chi connectivity index (χ1) is 17.5. The highest BCUT2D eigenvalue weighted by atomic mass is 19.1. The average molecular weight is 504 g/mol. The predicted molar refractivity (Wildman–Crippen MR) is 134 cm³/mol. The van der Waals surface area contributed by atoms with Crippen molar-refractivity contribution in [3.8, 4) is 28.6 Å². The number of nitrogens with zero attached hydrogens (tertiary/aromatic N) is 3. The maximum Gasteiger partial charge on any atom is 0.223 e. The molecule has 2 heterocycles. The zero-order valence-electron chi connectivity index (χ0n) is 20.5. The minimum absolute atomic E-state index is 0.171.